The summed E-state index contributed by atoms with van der Waals surface area (Å²) in [7, 11) is -2.37. The van der Waals surface area contributed by atoms with E-state index in [9.17, 15) is 18.3 Å². The average molecular weight is 642 g/mol. The summed E-state index contributed by atoms with van der Waals surface area (Å²) in [6.07, 6.45) is 1.65. The molecule has 5 rings (SSSR count). The summed E-state index contributed by atoms with van der Waals surface area (Å²) in [6, 6.07) is 20.4. The molecule has 236 valence electrons. The third kappa shape index (κ3) is 8.06. The van der Waals surface area contributed by atoms with Crippen LogP contribution in [0, 0.1) is 0 Å². The molecule has 12 heteroatoms. The van der Waals surface area contributed by atoms with E-state index in [4.69, 9.17) is 14.2 Å². The molecule has 1 fully saturated rings. The van der Waals surface area contributed by atoms with Crippen LogP contribution in [0.2, 0.25) is 0 Å². The minimum atomic E-state index is -3.88. The summed E-state index contributed by atoms with van der Waals surface area (Å²) in [5.74, 6) is 0.573. The van der Waals surface area contributed by atoms with Gasteiger partial charge in [-0.2, -0.15) is 4.31 Å². The number of hydrogen-bond donors (Lipinski definition) is 1. The molecule has 3 aromatic rings. The van der Waals surface area contributed by atoms with Crippen LogP contribution in [0.15, 0.2) is 88.8 Å². The van der Waals surface area contributed by atoms with E-state index in [1.807, 2.05) is 46.7 Å². The smallest absolute Gasteiger partial charge is 0.288 e. The highest BCUT2D eigenvalue weighted by atomic mass is 32.2. The highest BCUT2D eigenvalue weighted by Crippen LogP contribution is 2.34. The Kier molecular flexibility index (Phi) is 11.1. The zero-order chi connectivity index (χ0) is 30.9. The number of carbonyl (C=O) groups excluding carboxylic acids is 1. The number of ether oxygens (including phenoxy) is 3. The average Bonchev–Trinajstić information content (AvgIpc) is 3.60. The maximum Gasteiger partial charge on any atom is 0.288 e. The van der Waals surface area contributed by atoms with Gasteiger partial charge in [0.05, 0.1) is 25.2 Å². The van der Waals surface area contributed by atoms with Gasteiger partial charge in [-0.15, -0.1) is 11.3 Å². The molecule has 10 nitrogen and oxygen atoms in total. The molecule has 2 aliphatic rings. The predicted octanol–water partition coefficient (Wildman–Crippen LogP) is 3.51. The third-order valence-corrected chi connectivity index (χ3v) is 10.7. The van der Waals surface area contributed by atoms with Crippen LogP contribution in [0.3, 0.4) is 0 Å². The van der Waals surface area contributed by atoms with E-state index >= 15 is 0 Å². The summed E-state index contributed by atoms with van der Waals surface area (Å²) in [5.41, 5.74) is 1.25. The minimum absolute atomic E-state index is 0.00875. The third-order valence-electron chi connectivity index (χ3n) is 7.78. The van der Waals surface area contributed by atoms with Gasteiger partial charge in [0.1, 0.15) is 5.75 Å². The van der Waals surface area contributed by atoms with Gasteiger partial charge in [-0.3, -0.25) is 9.69 Å². The normalized spacial score (nSPS) is 19.4. The number of allylic oxidation sites excluding steroid dienone is 1. The molecule has 0 unspecified atom stereocenters. The number of thiophene rings is 1. The molecule has 3 heterocycles. The summed E-state index contributed by atoms with van der Waals surface area (Å²) in [4.78, 5) is 19.0. The number of methoxy groups -OCH3 is 1. The van der Waals surface area contributed by atoms with E-state index in [1.165, 1.54) is 29.1 Å². The Morgan fingerprint density at radius 1 is 1.02 bits per heavy atom. The van der Waals surface area contributed by atoms with Crippen LogP contribution in [0.1, 0.15) is 22.8 Å². The van der Waals surface area contributed by atoms with Gasteiger partial charge in [0, 0.05) is 63.0 Å². The van der Waals surface area contributed by atoms with Crippen LogP contribution in [-0.2, 0) is 30.8 Å². The molecule has 44 heavy (non-hydrogen) atoms. The molecule has 1 N–H and O–H groups in total. The number of aliphatic hydroxyl groups is 1. The molecular weight excluding hydrogens is 603 g/mol. The van der Waals surface area contributed by atoms with E-state index in [1.54, 1.807) is 23.5 Å². The lowest BCUT2D eigenvalue weighted by atomic mass is 9.99. The zero-order valence-corrected chi connectivity index (χ0v) is 26.4. The van der Waals surface area contributed by atoms with E-state index in [2.05, 4.69) is 17.0 Å². The summed E-state index contributed by atoms with van der Waals surface area (Å²) >= 11 is 1.61. The first-order valence-electron chi connectivity index (χ1n) is 14.7. The molecule has 0 radical (unpaired) electrons. The van der Waals surface area contributed by atoms with Crippen molar-refractivity contribution in [1.82, 2.24) is 14.1 Å². The molecular formula is C32H39N3O7S2. The Bertz CT molecular complexity index is 1470. The van der Waals surface area contributed by atoms with Gasteiger partial charge < -0.3 is 24.2 Å². The minimum Gasteiger partial charge on any atom is -0.497 e. The maximum absolute atomic E-state index is 13.6. The van der Waals surface area contributed by atoms with Crippen molar-refractivity contribution >= 4 is 27.3 Å². The van der Waals surface area contributed by atoms with E-state index in [-0.39, 0.29) is 48.8 Å². The van der Waals surface area contributed by atoms with Crippen LogP contribution in [0.4, 0.5) is 0 Å². The van der Waals surface area contributed by atoms with Crippen LogP contribution >= 0.6 is 11.3 Å². The summed E-state index contributed by atoms with van der Waals surface area (Å²) < 4.78 is 45.0. The van der Waals surface area contributed by atoms with E-state index in [0.29, 0.717) is 25.3 Å². The van der Waals surface area contributed by atoms with Crippen molar-refractivity contribution in [3.63, 3.8) is 0 Å². The van der Waals surface area contributed by atoms with Crippen LogP contribution in [-0.4, -0.2) is 99.4 Å². The molecule has 0 aliphatic carbocycles. The van der Waals surface area contributed by atoms with Crippen LogP contribution < -0.4 is 4.74 Å². The second-order valence-corrected chi connectivity index (χ2v) is 13.6. The zero-order valence-electron chi connectivity index (χ0n) is 24.8. The molecule has 2 atom stereocenters. The molecule has 1 aromatic heterocycles. The second kappa shape index (κ2) is 15.2. The number of aliphatic hydroxyl groups excluding tert-OH is 1. The van der Waals surface area contributed by atoms with Gasteiger partial charge in [0.15, 0.2) is 5.76 Å². The highest BCUT2D eigenvalue weighted by molar-refractivity contribution is 7.89. The fourth-order valence-corrected chi connectivity index (χ4v) is 7.59. The van der Waals surface area contributed by atoms with Gasteiger partial charge in [0.2, 0.25) is 16.3 Å². The lowest BCUT2D eigenvalue weighted by Gasteiger charge is -2.36. The Balaban J connectivity index is 1.21. The second-order valence-electron chi connectivity index (χ2n) is 10.7. The molecule has 1 saturated heterocycles. The number of piperazine rings is 1. The number of hydrogen-bond acceptors (Lipinski definition) is 9. The Morgan fingerprint density at radius 2 is 1.77 bits per heavy atom. The molecule has 0 bridgehead atoms. The number of benzene rings is 2. The van der Waals surface area contributed by atoms with Crippen molar-refractivity contribution in [3.8, 4) is 5.75 Å². The van der Waals surface area contributed by atoms with Crippen molar-refractivity contribution in [2.24, 2.45) is 0 Å². The SMILES string of the molecule is COc1ccc(S(=O)(=O)N(CCO)CCO[C@@H]2C[C@H](c3cccs3)C=C(C(=O)N3CCN(Cc4ccccc4)CC3)O2)cc1. The first-order valence-corrected chi connectivity index (χ1v) is 17.0. The molecule has 1 amide bonds. The maximum atomic E-state index is 13.6. The first-order chi connectivity index (χ1) is 21.4. The molecule has 2 aliphatic heterocycles. The first kappa shape index (κ1) is 32.1. The lowest BCUT2D eigenvalue weighted by Crippen LogP contribution is -2.49. The van der Waals surface area contributed by atoms with Crippen molar-refractivity contribution in [2.75, 3.05) is 59.6 Å². The fraction of sp³-hybridized carbons (Fsp3) is 0.406. The monoisotopic (exact) mass is 641 g/mol. The van der Waals surface area contributed by atoms with Crippen molar-refractivity contribution in [2.45, 2.75) is 30.1 Å². The fourth-order valence-electron chi connectivity index (χ4n) is 5.36. The number of nitrogens with zero attached hydrogens (tertiary/aromatic N) is 3. The number of rotatable bonds is 13. The number of sulfonamides is 1. The highest BCUT2D eigenvalue weighted by Gasteiger charge is 2.33. The van der Waals surface area contributed by atoms with Gasteiger partial charge in [0.25, 0.3) is 5.91 Å². The van der Waals surface area contributed by atoms with Crippen molar-refractivity contribution in [1.29, 1.82) is 0 Å². The molecule has 0 spiro atoms. The van der Waals surface area contributed by atoms with Crippen molar-refractivity contribution < 1.29 is 32.5 Å². The molecule has 2 aromatic carbocycles. The molecule has 0 saturated carbocycles. The number of carbonyl (C=O) groups is 1. The van der Waals surface area contributed by atoms with Crippen LogP contribution in [0.25, 0.3) is 0 Å². The quantitative estimate of drug-likeness (QED) is 0.302. The lowest BCUT2D eigenvalue weighted by molar-refractivity contribution is -0.153. The van der Waals surface area contributed by atoms with E-state index in [0.717, 1.165) is 24.5 Å². The van der Waals surface area contributed by atoms with Gasteiger partial charge in [-0.05, 0) is 47.4 Å². The Morgan fingerprint density at radius 3 is 2.43 bits per heavy atom. The van der Waals surface area contributed by atoms with Gasteiger partial charge in [-0.1, -0.05) is 36.4 Å². The Labute approximate surface area is 263 Å². The van der Waals surface area contributed by atoms with Crippen molar-refractivity contribution in [3.05, 3.63) is 94.4 Å². The number of amides is 1. The van der Waals surface area contributed by atoms with Gasteiger partial charge in [-0.25, -0.2) is 8.42 Å². The predicted molar refractivity (Wildman–Crippen MR) is 168 cm³/mol. The Hall–Kier alpha value is -3.26. The largest absolute Gasteiger partial charge is 0.497 e. The van der Waals surface area contributed by atoms with Crippen LogP contribution in [0.5, 0.6) is 5.75 Å². The standard InChI is InChI=1S/C32H39N3O7S2/c1-40-27-9-11-28(12-10-27)44(38,39)35(17-19-36)18-20-41-31-23-26(30-8-5-21-43-30)22-29(42-31)32(37)34-15-13-33(14-16-34)24-25-6-3-2-4-7-25/h2-12,21-22,26,31,36H,13-20,23-24H2,1H3/t26-,31+/m1/s1. The summed E-state index contributed by atoms with van der Waals surface area (Å²) in [5, 5.41) is 11.6. The van der Waals surface area contributed by atoms with Gasteiger partial charge >= 0.3 is 0 Å². The topological polar surface area (TPSA) is 109 Å². The summed E-state index contributed by atoms with van der Waals surface area (Å²) in [6.45, 7) is 3.20. The van der Waals surface area contributed by atoms with E-state index < -0.39 is 16.3 Å².